The maximum absolute atomic E-state index is 13.1. The van der Waals surface area contributed by atoms with Gasteiger partial charge in [0, 0.05) is 24.8 Å². The Morgan fingerprint density at radius 1 is 1.19 bits per heavy atom. The molecular weight excluding hydrogens is 417 g/mol. The molecule has 8 heteroatoms. The van der Waals surface area contributed by atoms with Crippen molar-refractivity contribution in [3.8, 4) is 11.3 Å². The number of hydrogen-bond acceptors (Lipinski definition) is 5. The second kappa shape index (κ2) is 9.85. The van der Waals surface area contributed by atoms with E-state index >= 15 is 0 Å². The lowest BCUT2D eigenvalue weighted by Gasteiger charge is -2.21. The van der Waals surface area contributed by atoms with Crippen LogP contribution in [-0.2, 0) is 11.3 Å². The lowest BCUT2D eigenvalue weighted by molar-refractivity contribution is -0.120. The Morgan fingerprint density at radius 3 is 2.81 bits per heavy atom. The van der Waals surface area contributed by atoms with Crippen LogP contribution in [0.15, 0.2) is 54.7 Å². The van der Waals surface area contributed by atoms with Crippen LogP contribution in [0.4, 0.5) is 16.0 Å². The van der Waals surface area contributed by atoms with Crippen molar-refractivity contribution in [3.63, 3.8) is 0 Å². The van der Waals surface area contributed by atoms with Gasteiger partial charge in [-0.15, -0.1) is 0 Å². The number of anilines is 2. The predicted octanol–water partition coefficient (Wildman–Crippen LogP) is 4.49. The molecule has 2 aromatic heterocycles. The van der Waals surface area contributed by atoms with Crippen LogP contribution in [0.2, 0.25) is 5.02 Å². The molecule has 1 atom stereocenters. The van der Waals surface area contributed by atoms with Crippen molar-refractivity contribution in [3.05, 3.63) is 71.1 Å². The van der Waals surface area contributed by atoms with E-state index in [0.717, 1.165) is 24.9 Å². The van der Waals surface area contributed by atoms with E-state index in [9.17, 15) is 9.18 Å². The Morgan fingerprint density at radius 2 is 2.03 bits per heavy atom. The van der Waals surface area contributed by atoms with E-state index in [4.69, 9.17) is 11.6 Å². The number of amides is 1. The zero-order valence-electron chi connectivity index (χ0n) is 16.9. The molecule has 3 N–H and O–H groups in total. The van der Waals surface area contributed by atoms with Gasteiger partial charge in [-0.1, -0.05) is 29.8 Å². The van der Waals surface area contributed by atoms with E-state index in [2.05, 4.69) is 25.9 Å². The van der Waals surface area contributed by atoms with Crippen LogP contribution in [0.5, 0.6) is 0 Å². The van der Waals surface area contributed by atoms with Crippen molar-refractivity contribution in [1.29, 1.82) is 0 Å². The molecule has 160 valence electrons. The number of pyridine rings is 2. The zero-order chi connectivity index (χ0) is 21.6. The largest absolute Gasteiger partial charge is 0.366 e. The SMILES string of the molecule is O=C(Nc1cc(-c2cccc(NCc3ccc(F)cc3)n2)c(Cl)cn1)C1CCCNC1. The number of benzene rings is 1. The molecule has 0 bridgehead atoms. The summed E-state index contributed by atoms with van der Waals surface area (Å²) >= 11 is 6.37. The summed E-state index contributed by atoms with van der Waals surface area (Å²) in [6.45, 7) is 2.14. The second-order valence-corrected chi connectivity index (χ2v) is 7.88. The van der Waals surface area contributed by atoms with E-state index in [-0.39, 0.29) is 17.6 Å². The van der Waals surface area contributed by atoms with E-state index < -0.39 is 0 Å². The molecule has 4 rings (SSSR count). The van der Waals surface area contributed by atoms with Crippen molar-refractivity contribution < 1.29 is 9.18 Å². The summed E-state index contributed by atoms with van der Waals surface area (Å²) in [5.41, 5.74) is 2.28. The quantitative estimate of drug-likeness (QED) is 0.527. The summed E-state index contributed by atoms with van der Waals surface area (Å²) in [6, 6.07) is 13.6. The van der Waals surface area contributed by atoms with Crippen molar-refractivity contribution in [2.45, 2.75) is 19.4 Å². The molecule has 0 saturated carbocycles. The molecule has 1 aliphatic heterocycles. The number of piperidine rings is 1. The molecule has 0 aliphatic carbocycles. The second-order valence-electron chi connectivity index (χ2n) is 7.47. The first kappa shape index (κ1) is 21.2. The van der Waals surface area contributed by atoms with E-state index in [0.29, 0.717) is 41.0 Å². The molecule has 31 heavy (non-hydrogen) atoms. The number of halogens is 2. The van der Waals surface area contributed by atoms with E-state index in [1.54, 1.807) is 18.2 Å². The summed E-state index contributed by atoms with van der Waals surface area (Å²) in [5, 5.41) is 9.81. The van der Waals surface area contributed by atoms with Gasteiger partial charge in [-0.2, -0.15) is 0 Å². The van der Waals surface area contributed by atoms with Crippen molar-refractivity contribution in [1.82, 2.24) is 15.3 Å². The highest BCUT2D eigenvalue weighted by atomic mass is 35.5. The third kappa shape index (κ3) is 5.57. The maximum atomic E-state index is 13.1. The van der Waals surface area contributed by atoms with Gasteiger partial charge in [0.25, 0.3) is 0 Å². The normalized spacial score (nSPS) is 16.0. The van der Waals surface area contributed by atoms with Gasteiger partial charge in [-0.05, 0) is 55.3 Å². The first-order valence-electron chi connectivity index (χ1n) is 10.2. The molecule has 1 amide bonds. The lowest BCUT2D eigenvalue weighted by atomic mass is 9.99. The summed E-state index contributed by atoms with van der Waals surface area (Å²) in [6.07, 6.45) is 3.37. The number of carbonyl (C=O) groups is 1. The molecule has 1 aromatic carbocycles. The van der Waals surface area contributed by atoms with Gasteiger partial charge in [-0.3, -0.25) is 4.79 Å². The van der Waals surface area contributed by atoms with Gasteiger partial charge in [0.05, 0.1) is 16.6 Å². The van der Waals surface area contributed by atoms with Crippen molar-refractivity contribution in [2.24, 2.45) is 5.92 Å². The molecule has 0 radical (unpaired) electrons. The van der Waals surface area contributed by atoms with Crippen LogP contribution in [-0.4, -0.2) is 29.0 Å². The number of hydrogen-bond donors (Lipinski definition) is 3. The number of nitrogens with zero attached hydrogens (tertiary/aromatic N) is 2. The van der Waals surface area contributed by atoms with Gasteiger partial charge in [0.2, 0.25) is 5.91 Å². The summed E-state index contributed by atoms with van der Waals surface area (Å²) in [4.78, 5) is 21.4. The summed E-state index contributed by atoms with van der Waals surface area (Å²) < 4.78 is 13.1. The number of nitrogens with one attached hydrogen (secondary N) is 3. The number of carbonyl (C=O) groups excluding carboxylic acids is 1. The van der Waals surface area contributed by atoms with Gasteiger partial charge < -0.3 is 16.0 Å². The molecular formula is C23H23ClFN5O. The van der Waals surface area contributed by atoms with Crippen LogP contribution in [0.3, 0.4) is 0 Å². The Kier molecular flexibility index (Phi) is 6.74. The minimum Gasteiger partial charge on any atom is -0.366 e. The highest BCUT2D eigenvalue weighted by Crippen LogP contribution is 2.29. The van der Waals surface area contributed by atoms with Crippen LogP contribution < -0.4 is 16.0 Å². The zero-order valence-corrected chi connectivity index (χ0v) is 17.6. The number of rotatable bonds is 6. The lowest BCUT2D eigenvalue weighted by Crippen LogP contribution is -2.37. The van der Waals surface area contributed by atoms with Gasteiger partial charge in [-0.25, -0.2) is 14.4 Å². The highest BCUT2D eigenvalue weighted by Gasteiger charge is 2.21. The average Bonchev–Trinajstić information content (AvgIpc) is 2.81. The molecule has 1 aliphatic rings. The minimum atomic E-state index is -0.265. The Balaban J connectivity index is 1.48. The van der Waals surface area contributed by atoms with Gasteiger partial charge in [0.15, 0.2) is 0 Å². The first-order chi connectivity index (χ1) is 15.1. The fourth-order valence-electron chi connectivity index (χ4n) is 3.49. The molecule has 1 fully saturated rings. The Hall–Kier alpha value is -3.03. The topological polar surface area (TPSA) is 78.9 Å². The molecule has 1 saturated heterocycles. The fourth-order valence-corrected chi connectivity index (χ4v) is 3.69. The fraction of sp³-hybridized carbons (Fsp3) is 0.261. The molecule has 3 heterocycles. The molecule has 0 spiro atoms. The van der Waals surface area contributed by atoms with E-state index in [1.807, 2.05) is 18.2 Å². The molecule has 6 nitrogen and oxygen atoms in total. The smallest absolute Gasteiger partial charge is 0.229 e. The summed E-state index contributed by atoms with van der Waals surface area (Å²) in [5.74, 6) is 0.733. The van der Waals surface area contributed by atoms with Crippen LogP contribution >= 0.6 is 11.6 Å². The van der Waals surface area contributed by atoms with Crippen LogP contribution in [0, 0.1) is 11.7 Å². The van der Waals surface area contributed by atoms with Crippen molar-refractivity contribution >= 4 is 29.1 Å². The van der Waals surface area contributed by atoms with Crippen LogP contribution in [0.1, 0.15) is 18.4 Å². The minimum absolute atomic E-state index is 0.0457. The average molecular weight is 440 g/mol. The highest BCUT2D eigenvalue weighted by molar-refractivity contribution is 6.33. The Labute approximate surface area is 185 Å². The Bertz CT molecular complexity index is 1050. The summed E-state index contributed by atoms with van der Waals surface area (Å²) in [7, 11) is 0. The first-order valence-corrected chi connectivity index (χ1v) is 10.6. The maximum Gasteiger partial charge on any atom is 0.229 e. The van der Waals surface area contributed by atoms with Gasteiger partial charge >= 0.3 is 0 Å². The monoisotopic (exact) mass is 439 g/mol. The predicted molar refractivity (Wildman–Crippen MR) is 120 cm³/mol. The third-order valence-electron chi connectivity index (χ3n) is 5.19. The number of aromatic nitrogens is 2. The third-order valence-corrected chi connectivity index (χ3v) is 5.49. The van der Waals surface area contributed by atoms with E-state index in [1.165, 1.54) is 18.3 Å². The standard InChI is InChI=1S/C23H23ClFN5O/c24-19-14-28-22(30-23(31)16-3-2-10-26-13-16)11-18(19)20-4-1-5-21(29-20)27-12-15-6-8-17(25)9-7-15/h1,4-9,11,14,16,26H,2-3,10,12-13H2,(H,27,29)(H,28,30,31). The van der Waals surface area contributed by atoms with Gasteiger partial charge in [0.1, 0.15) is 17.5 Å². The van der Waals surface area contributed by atoms with Crippen LogP contribution in [0.25, 0.3) is 11.3 Å². The molecule has 3 aromatic rings. The molecule has 1 unspecified atom stereocenters. The van der Waals surface area contributed by atoms with Crippen molar-refractivity contribution in [2.75, 3.05) is 23.7 Å².